The van der Waals surface area contributed by atoms with E-state index in [-0.39, 0.29) is 5.56 Å². The van der Waals surface area contributed by atoms with E-state index in [1.165, 1.54) is 18.3 Å². The predicted octanol–water partition coefficient (Wildman–Crippen LogP) is 3.07. The van der Waals surface area contributed by atoms with Gasteiger partial charge < -0.3 is 10.4 Å². The molecule has 0 aliphatic heterocycles. The molecule has 0 bridgehead atoms. The van der Waals surface area contributed by atoms with Crippen LogP contribution in [0.3, 0.4) is 0 Å². The number of hydrogen-bond donors (Lipinski definition) is 2. The molecule has 0 fully saturated rings. The number of para-hydroxylation sites is 1. The van der Waals surface area contributed by atoms with Crippen molar-refractivity contribution in [1.29, 1.82) is 0 Å². The van der Waals surface area contributed by atoms with Crippen LogP contribution in [0.25, 0.3) is 10.9 Å². The van der Waals surface area contributed by atoms with E-state index in [0.29, 0.717) is 11.6 Å². The van der Waals surface area contributed by atoms with Gasteiger partial charge in [-0.2, -0.15) is 0 Å². The molecular weight excluding hydrogens is 254 g/mol. The summed E-state index contributed by atoms with van der Waals surface area (Å²) < 4.78 is 0. The normalized spacial score (nSPS) is 10.4. The summed E-state index contributed by atoms with van der Waals surface area (Å²) in [5.41, 5.74) is 1.05. The average molecular weight is 265 g/mol. The molecule has 0 atom stereocenters. The Balaban J connectivity index is 1.92. The van der Waals surface area contributed by atoms with Gasteiger partial charge in [0.2, 0.25) is 0 Å². The fourth-order valence-electron chi connectivity index (χ4n) is 1.90. The first-order valence-electron chi connectivity index (χ1n) is 6.04. The number of carbonyl (C=O) groups is 1. The van der Waals surface area contributed by atoms with Crippen molar-refractivity contribution in [1.82, 2.24) is 9.97 Å². The SMILES string of the molecule is O=C(O)c1ccnc(Nc2ccc3ccccc3n2)c1. The van der Waals surface area contributed by atoms with Gasteiger partial charge in [0.1, 0.15) is 11.6 Å². The van der Waals surface area contributed by atoms with Crippen LogP contribution >= 0.6 is 0 Å². The number of nitrogens with one attached hydrogen (secondary N) is 1. The molecule has 0 aliphatic carbocycles. The summed E-state index contributed by atoms with van der Waals surface area (Å²) in [6, 6.07) is 14.5. The number of benzene rings is 1. The van der Waals surface area contributed by atoms with Gasteiger partial charge >= 0.3 is 5.97 Å². The lowest BCUT2D eigenvalue weighted by molar-refractivity contribution is 0.0697. The van der Waals surface area contributed by atoms with Gasteiger partial charge in [-0.25, -0.2) is 14.8 Å². The Kier molecular flexibility index (Phi) is 3.01. The number of anilines is 2. The van der Waals surface area contributed by atoms with Gasteiger partial charge in [-0.3, -0.25) is 0 Å². The highest BCUT2D eigenvalue weighted by atomic mass is 16.4. The largest absolute Gasteiger partial charge is 0.478 e. The first kappa shape index (κ1) is 12.1. The first-order chi connectivity index (χ1) is 9.72. The molecule has 5 nitrogen and oxygen atoms in total. The minimum absolute atomic E-state index is 0.184. The molecule has 20 heavy (non-hydrogen) atoms. The maximum atomic E-state index is 10.9. The molecule has 0 radical (unpaired) electrons. The van der Waals surface area contributed by atoms with E-state index < -0.39 is 5.97 Å². The Morgan fingerprint density at radius 2 is 1.90 bits per heavy atom. The lowest BCUT2D eigenvalue weighted by Crippen LogP contribution is -2.00. The minimum atomic E-state index is -0.984. The van der Waals surface area contributed by atoms with Crippen molar-refractivity contribution in [2.45, 2.75) is 0 Å². The molecule has 2 N–H and O–H groups in total. The molecule has 0 spiro atoms. The van der Waals surface area contributed by atoms with Crippen LogP contribution in [0.4, 0.5) is 11.6 Å². The number of carboxylic acid groups (broad SMARTS) is 1. The number of pyridine rings is 2. The number of carboxylic acids is 1. The average Bonchev–Trinajstić information content (AvgIpc) is 2.47. The highest BCUT2D eigenvalue weighted by molar-refractivity contribution is 5.88. The number of aromatic carboxylic acids is 1. The quantitative estimate of drug-likeness (QED) is 0.761. The molecule has 5 heteroatoms. The second-order valence-corrected chi connectivity index (χ2v) is 4.25. The van der Waals surface area contributed by atoms with Gasteiger partial charge in [0, 0.05) is 11.6 Å². The molecule has 0 saturated carbocycles. The third kappa shape index (κ3) is 2.42. The Morgan fingerprint density at radius 3 is 2.75 bits per heavy atom. The lowest BCUT2D eigenvalue weighted by atomic mass is 10.2. The molecule has 0 unspecified atom stereocenters. The summed E-state index contributed by atoms with van der Waals surface area (Å²) in [6.45, 7) is 0. The molecule has 0 aliphatic rings. The summed E-state index contributed by atoms with van der Waals surface area (Å²) in [5, 5.41) is 13.0. The smallest absolute Gasteiger partial charge is 0.335 e. The minimum Gasteiger partial charge on any atom is -0.478 e. The zero-order chi connectivity index (χ0) is 13.9. The Morgan fingerprint density at radius 1 is 1.05 bits per heavy atom. The van der Waals surface area contributed by atoms with Gasteiger partial charge in [-0.05, 0) is 30.3 Å². The molecule has 0 saturated heterocycles. The maximum Gasteiger partial charge on any atom is 0.335 e. The maximum absolute atomic E-state index is 10.9. The zero-order valence-corrected chi connectivity index (χ0v) is 10.4. The summed E-state index contributed by atoms with van der Waals surface area (Å²) in [4.78, 5) is 19.4. The third-order valence-corrected chi connectivity index (χ3v) is 2.86. The number of fused-ring (bicyclic) bond motifs is 1. The Hall–Kier alpha value is -2.95. The van der Waals surface area contributed by atoms with Crippen LogP contribution in [0.1, 0.15) is 10.4 Å². The van der Waals surface area contributed by atoms with E-state index in [9.17, 15) is 4.79 Å². The monoisotopic (exact) mass is 265 g/mol. The number of hydrogen-bond acceptors (Lipinski definition) is 4. The molecule has 1 aromatic carbocycles. The van der Waals surface area contributed by atoms with Crippen molar-refractivity contribution in [3.8, 4) is 0 Å². The third-order valence-electron chi connectivity index (χ3n) is 2.86. The van der Waals surface area contributed by atoms with Crippen molar-refractivity contribution in [3.63, 3.8) is 0 Å². The fourth-order valence-corrected chi connectivity index (χ4v) is 1.90. The molecule has 3 aromatic rings. The molecule has 2 aromatic heterocycles. The van der Waals surface area contributed by atoms with E-state index in [0.717, 1.165) is 10.9 Å². The molecular formula is C15H11N3O2. The number of nitrogens with zero attached hydrogens (tertiary/aromatic N) is 2. The van der Waals surface area contributed by atoms with Crippen LogP contribution in [0.5, 0.6) is 0 Å². The van der Waals surface area contributed by atoms with Crippen LogP contribution < -0.4 is 5.32 Å². The van der Waals surface area contributed by atoms with Gasteiger partial charge in [-0.15, -0.1) is 0 Å². The van der Waals surface area contributed by atoms with Crippen LogP contribution in [0.15, 0.2) is 54.7 Å². The van der Waals surface area contributed by atoms with E-state index in [1.54, 1.807) is 0 Å². The molecule has 98 valence electrons. The van der Waals surface area contributed by atoms with Crippen molar-refractivity contribution < 1.29 is 9.90 Å². The summed E-state index contributed by atoms with van der Waals surface area (Å²) >= 11 is 0. The van der Waals surface area contributed by atoms with Gasteiger partial charge in [0.05, 0.1) is 11.1 Å². The van der Waals surface area contributed by atoms with Gasteiger partial charge in [0.25, 0.3) is 0 Å². The number of aromatic nitrogens is 2. The highest BCUT2D eigenvalue weighted by Gasteiger charge is 2.05. The molecule has 3 rings (SSSR count). The molecule has 0 amide bonds. The predicted molar refractivity (Wildman–Crippen MR) is 76.2 cm³/mol. The summed E-state index contributed by atoms with van der Waals surface area (Å²) in [6.07, 6.45) is 1.45. The van der Waals surface area contributed by atoms with Crippen LogP contribution in [-0.2, 0) is 0 Å². The fraction of sp³-hybridized carbons (Fsp3) is 0. The van der Waals surface area contributed by atoms with E-state index in [2.05, 4.69) is 15.3 Å². The van der Waals surface area contributed by atoms with Gasteiger partial charge in [-0.1, -0.05) is 18.2 Å². The van der Waals surface area contributed by atoms with Crippen LogP contribution in [0.2, 0.25) is 0 Å². The van der Waals surface area contributed by atoms with Crippen molar-refractivity contribution >= 4 is 28.5 Å². The second kappa shape index (κ2) is 4.97. The van der Waals surface area contributed by atoms with E-state index in [1.807, 2.05) is 36.4 Å². The van der Waals surface area contributed by atoms with Crippen molar-refractivity contribution in [2.75, 3.05) is 5.32 Å². The second-order valence-electron chi connectivity index (χ2n) is 4.25. The van der Waals surface area contributed by atoms with Crippen LogP contribution in [0, 0.1) is 0 Å². The zero-order valence-electron chi connectivity index (χ0n) is 10.4. The summed E-state index contributed by atoms with van der Waals surface area (Å²) in [7, 11) is 0. The Labute approximate surface area is 114 Å². The first-order valence-corrected chi connectivity index (χ1v) is 6.04. The highest BCUT2D eigenvalue weighted by Crippen LogP contribution is 2.18. The van der Waals surface area contributed by atoms with Crippen molar-refractivity contribution in [3.05, 3.63) is 60.3 Å². The van der Waals surface area contributed by atoms with Crippen LogP contribution in [-0.4, -0.2) is 21.0 Å². The Bertz CT molecular complexity index is 787. The molecule has 2 heterocycles. The number of rotatable bonds is 3. The topological polar surface area (TPSA) is 75.1 Å². The summed E-state index contributed by atoms with van der Waals surface area (Å²) in [5.74, 6) is 0.0911. The van der Waals surface area contributed by atoms with E-state index >= 15 is 0 Å². The van der Waals surface area contributed by atoms with Crippen molar-refractivity contribution in [2.24, 2.45) is 0 Å². The van der Waals surface area contributed by atoms with Gasteiger partial charge in [0.15, 0.2) is 0 Å². The standard InChI is InChI=1S/C15H11N3O2/c19-15(20)11-7-8-16-14(9-11)18-13-6-5-10-3-1-2-4-12(10)17-13/h1-9H,(H,19,20)(H,16,17,18). The van der Waals surface area contributed by atoms with E-state index in [4.69, 9.17) is 5.11 Å². The lowest BCUT2D eigenvalue weighted by Gasteiger charge is -2.06.